The molecule has 118 valence electrons. The van der Waals surface area contributed by atoms with Crippen LogP contribution in [0.15, 0.2) is 18.2 Å². The summed E-state index contributed by atoms with van der Waals surface area (Å²) in [6.45, 7) is 2.22. The highest BCUT2D eigenvalue weighted by Gasteiger charge is 2.38. The van der Waals surface area contributed by atoms with Crippen LogP contribution in [-0.2, 0) is 14.3 Å². The zero-order chi connectivity index (χ0) is 16.3. The second kappa shape index (κ2) is 6.42. The van der Waals surface area contributed by atoms with Gasteiger partial charge in [0.05, 0.1) is 30.6 Å². The first-order valence-electron chi connectivity index (χ1n) is 6.77. The molecule has 0 radical (unpaired) electrons. The molecule has 8 nitrogen and oxygen atoms in total. The van der Waals surface area contributed by atoms with E-state index in [4.69, 9.17) is 4.74 Å². The summed E-state index contributed by atoms with van der Waals surface area (Å²) in [6.07, 6.45) is -0.0168. The Labute approximate surface area is 126 Å². The van der Waals surface area contributed by atoms with Crippen LogP contribution in [0.4, 0.5) is 11.4 Å². The van der Waals surface area contributed by atoms with Crippen LogP contribution in [-0.4, -0.2) is 37.1 Å². The predicted octanol–water partition coefficient (Wildman–Crippen LogP) is 1.52. The van der Waals surface area contributed by atoms with Gasteiger partial charge in [-0.05, 0) is 19.1 Å². The Morgan fingerprint density at radius 2 is 2.23 bits per heavy atom. The van der Waals surface area contributed by atoms with Crippen LogP contribution in [0.1, 0.15) is 13.3 Å². The third kappa shape index (κ3) is 3.00. The number of amides is 1. The lowest BCUT2D eigenvalue weighted by Gasteiger charge is -2.17. The fraction of sp³-hybridized carbons (Fsp3) is 0.429. The lowest BCUT2D eigenvalue weighted by atomic mass is 10.1. The van der Waals surface area contributed by atoms with E-state index in [1.807, 2.05) is 0 Å². The highest BCUT2D eigenvalue weighted by Crippen LogP contribution is 2.35. The van der Waals surface area contributed by atoms with E-state index in [1.54, 1.807) is 13.0 Å². The molecule has 1 amide bonds. The maximum absolute atomic E-state index is 12.1. The van der Waals surface area contributed by atoms with E-state index >= 15 is 0 Å². The van der Waals surface area contributed by atoms with Crippen LogP contribution in [0.25, 0.3) is 0 Å². The van der Waals surface area contributed by atoms with Gasteiger partial charge in [-0.15, -0.1) is 0 Å². The molecular formula is C14H16N2O6. The standard InChI is InChI=1S/C14H16N2O6/c1-3-22-10-4-5-11(12(7-10)16(19)20)15-8-9(6-13(15)17)14(18)21-2/h4-5,7,9H,3,6,8H2,1-2H3/t9-/m1/s1. The molecule has 0 aliphatic carbocycles. The summed E-state index contributed by atoms with van der Waals surface area (Å²) >= 11 is 0. The summed E-state index contributed by atoms with van der Waals surface area (Å²) in [5.74, 6) is -1.09. The molecule has 1 saturated heterocycles. The molecule has 1 aromatic rings. The van der Waals surface area contributed by atoms with Crippen LogP contribution in [0, 0.1) is 16.0 Å². The highest BCUT2D eigenvalue weighted by molar-refractivity contribution is 6.01. The molecule has 1 atom stereocenters. The second-order valence-corrected chi connectivity index (χ2v) is 4.77. The van der Waals surface area contributed by atoms with Crippen molar-refractivity contribution in [3.8, 4) is 5.75 Å². The van der Waals surface area contributed by atoms with Gasteiger partial charge >= 0.3 is 5.97 Å². The molecule has 0 unspecified atom stereocenters. The van der Waals surface area contributed by atoms with E-state index in [1.165, 1.54) is 24.1 Å². The number of esters is 1. The van der Waals surface area contributed by atoms with Crippen molar-refractivity contribution in [1.82, 2.24) is 0 Å². The third-order valence-electron chi connectivity index (χ3n) is 3.40. The van der Waals surface area contributed by atoms with Crippen molar-refractivity contribution in [2.24, 2.45) is 5.92 Å². The molecule has 1 aromatic carbocycles. The number of anilines is 1. The van der Waals surface area contributed by atoms with Crippen molar-refractivity contribution in [3.63, 3.8) is 0 Å². The van der Waals surface area contributed by atoms with E-state index in [0.717, 1.165) is 0 Å². The SMILES string of the molecule is CCOc1ccc(N2C[C@H](C(=O)OC)CC2=O)c([N+](=O)[O-])c1. The van der Waals surface area contributed by atoms with Crippen molar-refractivity contribution < 1.29 is 24.0 Å². The minimum atomic E-state index is -0.608. The van der Waals surface area contributed by atoms with Crippen molar-refractivity contribution >= 4 is 23.3 Å². The maximum atomic E-state index is 12.1. The Bertz CT molecular complexity index is 615. The van der Waals surface area contributed by atoms with Gasteiger partial charge in [0.1, 0.15) is 11.4 Å². The van der Waals surface area contributed by atoms with Crippen molar-refractivity contribution in [3.05, 3.63) is 28.3 Å². The molecule has 1 aliphatic rings. The average molecular weight is 308 g/mol. The molecule has 0 N–H and O–H groups in total. The fourth-order valence-electron chi connectivity index (χ4n) is 2.40. The highest BCUT2D eigenvalue weighted by atomic mass is 16.6. The molecular weight excluding hydrogens is 292 g/mol. The second-order valence-electron chi connectivity index (χ2n) is 4.77. The molecule has 8 heteroatoms. The number of carbonyl (C=O) groups excluding carboxylic acids is 2. The Hall–Kier alpha value is -2.64. The Balaban J connectivity index is 2.34. The van der Waals surface area contributed by atoms with Gasteiger partial charge in [0.15, 0.2) is 0 Å². The topological polar surface area (TPSA) is 99.0 Å². The average Bonchev–Trinajstić information content (AvgIpc) is 2.88. The van der Waals surface area contributed by atoms with Gasteiger partial charge in [-0.2, -0.15) is 0 Å². The summed E-state index contributed by atoms with van der Waals surface area (Å²) in [5.41, 5.74) is -0.0744. The normalized spacial score (nSPS) is 17.5. The summed E-state index contributed by atoms with van der Waals surface area (Å²) < 4.78 is 9.86. The number of nitrogens with zero attached hydrogens (tertiary/aromatic N) is 2. The van der Waals surface area contributed by atoms with Crippen LogP contribution < -0.4 is 9.64 Å². The van der Waals surface area contributed by atoms with E-state index in [-0.39, 0.29) is 30.2 Å². The summed E-state index contributed by atoms with van der Waals surface area (Å²) in [4.78, 5) is 35.5. The van der Waals surface area contributed by atoms with Crippen LogP contribution in [0.2, 0.25) is 0 Å². The van der Waals surface area contributed by atoms with Crippen molar-refractivity contribution in [2.45, 2.75) is 13.3 Å². The monoisotopic (exact) mass is 308 g/mol. The van der Waals surface area contributed by atoms with E-state index in [9.17, 15) is 19.7 Å². The summed E-state index contributed by atoms with van der Waals surface area (Å²) in [6, 6.07) is 4.29. The molecule has 0 aromatic heterocycles. The van der Waals surface area contributed by atoms with Crippen LogP contribution >= 0.6 is 0 Å². The van der Waals surface area contributed by atoms with Gasteiger partial charge in [-0.3, -0.25) is 19.7 Å². The largest absolute Gasteiger partial charge is 0.494 e. The molecule has 0 saturated carbocycles. The van der Waals surface area contributed by atoms with Crippen molar-refractivity contribution in [2.75, 3.05) is 25.2 Å². The van der Waals surface area contributed by atoms with Gasteiger partial charge < -0.3 is 14.4 Å². The number of nitro benzene ring substituents is 1. The minimum absolute atomic E-state index is 0.0168. The number of ether oxygens (including phenoxy) is 2. The van der Waals surface area contributed by atoms with Crippen LogP contribution in [0.5, 0.6) is 5.75 Å². The lowest BCUT2D eigenvalue weighted by molar-refractivity contribution is -0.384. The maximum Gasteiger partial charge on any atom is 0.311 e. The van der Waals surface area contributed by atoms with Crippen LogP contribution in [0.3, 0.4) is 0 Å². The first-order chi connectivity index (χ1) is 10.5. The molecule has 2 rings (SSSR count). The van der Waals surface area contributed by atoms with Gasteiger partial charge in [0, 0.05) is 13.0 Å². The number of benzene rings is 1. The van der Waals surface area contributed by atoms with Gasteiger partial charge in [-0.25, -0.2) is 0 Å². The van der Waals surface area contributed by atoms with Crippen molar-refractivity contribution in [1.29, 1.82) is 0 Å². The Morgan fingerprint density at radius 3 is 2.82 bits per heavy atom. The zero-order valence-electron chi connectivity index (χ0n) is 12.3. The first-order valence-corrected chi connectivity index (χ1v) is 6.77. The van der Waals surface area contributed by atoms with Gasteiger partial charge in [0.25, 0.3) is 5.69 Å². The molecule has 0 bridgehead atoms. The number of hydrogen-bond donors (Lipinski definition) is 0. The quantitative estimate of drug-likeness (QED) is 0.464. The molecule has 1 heterocycles. The minimum Gasteiger partial charge on any atom is -0.494 e. The predicted molar refractivity (Wildman–Crippen MR) is 76.7 cm³/mol. The van der Waals surface area contributed by atoms with E-state index < -0.39 is 16.8 Å². The number of nitro groups is 1. The zero-order valence-corrected chi connectivity index (χ0v) is 12.3. The first kappa shape index (κ1) is 15.7. The molecule has 0 spiro atoms. The molecule has 1 aliphatic heterocycles. The van der Waals surface area contributed by atoms with Gasteiger partial charge in [0.2, 0.25) is 5.91 Å². The summed E-state index contributed by atoms with van der Waals surface area (Å²) in [7, 11) is 1.24. The number of rotatable bonds is 5. The Kier molecular flexibility index (Phi) is 4.59. The number of methoxy groups -OCH3 is 1. The number of carbonyl (C=O) groups is 2. The number of hydrogen-bond acceptors (Lipinski definition) is 6. The lowest BCUT2D eigenvalue weighted by Crippen LogP contribution is -2.26. The molecule has 22 heavy (non-hydrogen) atoms. The third-order valence-corrected chi connectivity index (χ3v) is 3.40. The smallest absolute Gasteiger partial charge is 0.311 e. The fourth-order valence-corrected chi connectivity index (χ4v) is 2.40. The van der Waals surface area contributed by atoms with E-state index in [2.05, 4.69) is 4.74 Å². The summed E-state index contributed by atoms with van der Waals surface area (Å²) in [5, 5.41) is 11.2. The van der Waals surface area contributed by atoms with Gasteiger partial charge in [-0.1, -0.05) is 0 Å². The molecule has 1 fully saturated rings. The van der Waals surface area contributed by atoms with E-state index in [0.29, 0.717) is 12.4 Å². The Morgan fingerprint density at radius 1 is 1.50 bits per heavy atom.